The topological polar surface area (TPSA) is 34.0 Å². The molecule has 0 saturated heterocycles. The fourth-order valence-corrected chi connectivity index (χ4v) is 4.03. The molecule has 140 valence electrons. The van der Waals surface area contributed by atoms with Crippen molar-refractivity contribution in [1.29, 1.82) is 0 Å². The van der Waals surface area contributed by atoms with Gasteiger partial charge in [0, 0.05) is 29.2 Å². The van der Waals surface area contributed by atoms with Gasteiger partial charge in [-0.1, -0.05) is 49.1 Å². The first-order valence-electron chi connectivity index (χ1n) is 9.44. The third-order valence-electron chi connectivity index (χ3n) is 5.31. The molecule has 1 aliphatic carbocycles. The van der Waals surface area contributed by atoms with Crippen LogP contribution in [0.5, 0.6) is 0 Å². The molecule has 0 bridgehead atoms. The minimum Gasteiger partial charge on any atom is -0.349 e. The van der Waals surface area contributed by atoms with Crippen molar-refractivity contribution in [3.8, 4) is 0 Å². The van der Waals surface area contributed by atoms with Crippen molar-refractivity contribution < 1.29 is 9.18 Å². The lowest BCUT2D eigenvalue weighted by Crippen LogP contribution is -2.36. The van der Waals surface area contributed by atoms with Gasteiger partial charge in [-0.25, -0.2) is 4.39 Å². The van der Waals surface area contributed by atoms with Crippen LogP contribution in [0.25, 0.3) is 10.9 Å². The van der Waals surface area contributed by atoms with Crippen molar-refractivity contribution >= 4 is 28.4 Å². The minimum atomic E-state index is -0.365. The molecule has 1 heterocycles. The highest BCUT2D eigenvalue weighted by Crippen LogP contribution is 2.26. The molecule has 5 heteroatoms. The fraction of sp³-hybridized carbons (Fsp3) is 0.318. The Hall–Kier alpha value is -2.33. The molecule has 0 atom stereocenters. The van der Waals surface area contributed by atoms with Crippen LogP contribution >= 0.6 is 11.6 Å². The highest BCUT2D eigenvalue weighted by Gasteiger charge is 2.22. The maximum absolute atomic E-state index is 14.6. The number of benzene rings is 2. The van der Waals surface area contributed by atoms with Gasteiger partial charge in [0.2, 0.25) is 0 Å². The number of fused-ring (bicyclic) bond motifs is 1. The molecule has 0 spiro atoms. The molecule has 27 heavy (non-hydrogen) atoms. The summed E-state index contributed by atoms with van der Waals surface area (Å²) < 4.78 is 16.5. The Kier molecular flexibility index (Phi) is 5.17. The van der Waals surface area contributed by atoms with Gasteiger partial charge in [0.1, 0.15) is 5.82 Å². The van der Waals surface area contributed by atoms with E-state index in [1.54, 1.807) is 12.3 Å². The Morgan fingerprint density at radius 3 is 2.59 bits per heavy atom. The van der Waals surface area contributed by atoms with Gasteiger partial charge >= 0.3 is 0 Å². The molecule has 2 aromatic carbocycles. The Bertz CT molecular complexity index is 958. The standard InChI is InChI=1S/C22H22ClFN2O/c23-16-11-9-15(10-12-16)13-26-14-18(21-19(24)7-4-8-20(21)26)22(27)25-17-5-2-1-3-6-17/h4,7-12,14,17H,1-3,5-6,13H2,(H,25,27). The lowest BCUT2D eigenvalue weighted by atomic mass is 9.95. The lowest BCUT2D eigenvalue weighted by Gasteiger charge is -2.22. The number of hydrogen-bond donors (Lipinski definition) is 1. The maximum atomic E-state index is 14.6. The molecular weight excluding hydrogens is 363 g/mol. The number of aromatic nitrogens is 1. The fourth-order valence-electron chi connectivity index (χ4n) is 3.91. The van der Waals surface area contributed by atoms with Crippen LogP contribution in [-0.4, -0.2) is 16.5 Å². The van der Waals surface area contributed by atoms with Gasteiger partial charge < -0.3 is 9.88 Å². The molecule has 1 saturated carbocycles. The third-order valence-corrected chi connectivity index (χ3v) is 5.56. The lowest BCUT2D eigenvalue weighted by molar-refractivity contribution is 0.0929. The van der Waals surface area contributed by atoms with E-state index in [1.807, 2.05) is 34.9 Å². The first-order chi connectivity index (χ1) is 13.1. The number of carbonyl (C=O) groups excluding carboxylic acids is 1. The quantitative estimate of drug-likeness (QED) is 0.629. The Morgan fingerprint density at radius 2 is 1.85 bits per heavy atom. The number of hydrogen-bond acceptors (Lipinski definition) is 1. The number of nitrogens with zero attached hydrogens (tertiary/aromatic N) is 1. The van der Waals surface area contributed by atoms with Crippen molar-refractivity contribution in [3.05, 3.63) is 70.6 Å². The second-order valence-electron chi connectivity index (χ2n) is 7.24. The summed E-state index contributed by atoms with van der Waals surface area (Å²) in [6.07, 6.45) is 7.26. The normalized spacial score (nSPS) is 15.2. The van der Waals surface area contributed by atoms with Gasteiger partial charge in [-0.15, -0.1) is 0 Å². The predicted octanol–water partition coefficient (Wildman–Crippen LogP) is 5.54. The minimum absolute atomic E-state index is 0.188. The predicted molar refractivity (Wildman–Crippen MR) is 107 cm³/mol. The summed E-state index contributed by atoms with van der Waals surface area (Å²) in [5.74, 6) is -0.553. The highest BCUT2D eigenvalue weighted by atomic mass is 35.5. The number of halogens is 2. The SMILES string of the molecule is O=C(NC1CCCCC1)c1cn(Cc2ccc(Cl)cc2)c2cccc(F)c12. The van der Waals surface area contributed by atoms with Crippen molar-refractivity contribution in [2.45, 2.75) is 44.7 Å². The molecule has 4 rings (SSSR count). The summed E-state index contributed by atoms with van der Waals surface area (Å²) in [6.45, 7) is 0.549. The number of carbonyl (C=O) groups is 1. The summed E-state index contributed by atoms with van der Waals surface area (Å²) in [6, 6.07) is 12.7. The van der Waals surface area contributed by atoms with E-state index in [4.69, 9.17) is 11.6 Å². The van der Waals surface area contributed by atoms with Crippen LogP contribution in [0, 0.1) is 5.82 Å². The molecule has 0 radical (unpaired) electrons. The van der Waals surface area contributed by atoms with E-state index in [-0.39, 0.29) is 17.8 Å². The Labute approximate surface area is 163 Å². The van der Waals surface area contributed by atoms with E-state index in [2.05, 4.69) is 5.32 Å². The van der Waals surface area contributed by atoms with Gasteiger partial charge in [-0.2, -0.15) is 0 Å². The highest BCUT2D eigenvalue weighted by molar-refractivity contribution is 6.30. The monoisotopic (exact) mass is 384 g/mol. The van der Waals surface area contributed by atoms with Crippen molar-refractivity contribution in [3.63, 3.8) is 0 Å². The molecule has 1 fully saturated rings. The van der Waals surface area contributed by atoms with Crippen LogP contribution < -0.4 is 5.32 Å². The number of amides is 1. The third kappa shape index (κ3) is 3.86. The Balaban J connectivity index is 1.67. The molecule has 3 aromatic rings. The van der Waals surface area contributed by atoms with Gasteiger partial charge in [0.05, 0.1) is 11.1 Å². The second-order valence-corrected chi connectivity index (χ2v) is 7.68. The van der Waals surface area contributed by atoms with E-state index in [0.717, 1.165) is 36.8 Å². The largest absolute Gasteiger partial charge is 0.349 e. The molecule has 0 aliphatic heterocycles. The van der Waals surface area contributed by atoms with E-state index in [1.165, 1.54) is 12.5 Å². The van der Waals surface area contributed by atoms with Crippen LogP contribution in [0.3, 0.4) is 0 Å². The van der Waals surface area contributed by atoms with Gasteiger partial charge in [-0.05, 0) is 42.7 Å². The molecule has 1 aromatic heterocycles. The second kappa shape index (κ2) is 7.73. The Morgan fingerprint density at radius 1 is 1.11 bits per heavy atom. The zero-order valence-electron chi connectivity index (χ0n) is 15.1. The van der Waals surface area contributed by atoms with Crippen molar-refractivity contribution in [2.75, 3.05) is 0 Å². The first-order valence-corrected chi connectivity index (χ1v) is 9.82. The molecule has 0 unspecified atom stereocenters. The summed E-state index contributed by atoms with van der Waals surface area (Å²) in [5, 5.41) is 4.17. The zero-order valence-corrected chi connectivity index (χ0v) is 15.8. The van der Waals surface area contributed by atoms with Crippen LogP contribution in [0.1, 0.15) is 48.0 Å². The molecule has 1 aliphatic rings. The first kappa shape index (κ1) is 18.1. The average molecular weight is 385 g/mol. The smallest absolute Gasteiger partial charge is 0.253 e. The van der Waals surface area contributed by atoms with Crippen LogP contribution in [0.4, 0.5) is 4.39 Å². The van der Waals surface area contributed by atoms with Crippen molar-refractivity contribution in [1.82, 2.24) is 9.88 Å². The summed E-state index contributed by atoms with van der Waals surface area (Å²) in [7, 11) is 0. The van der Waals surface area contributed by atoms with Crippen LogP contribution in [-0.2, 0) is 6.54 Å². The summed E-state index contributed by atoms with van der Waals surface area (Å²) in [5.41, 5.74) is 2.17. The van der Waals surface area contributed by atoms with Gasteiger partial charge in [0.25, 0.3) is 5.91 Å². The van der Waals surface area contributed by atoms with Crippen LogP contribution in [0.15, 0.2) is 48.7 Å². The molecule has 3 nitrogen and oxygen atoms in total. The van der Waals surface area contributed by atoms with Crippen LogP contribution in [0.2, 0.25) is 5.02 Å². The van der Waals surface area contributed by atoms with Gasteiger partial charge in [0.15, 0.2) is 0 Å². The van der Waals surface area contributed by atoms with E-state index < -0.39 is 0 Å². The number of nitrogens with one attached hydrogen (secondary N) is 1. The molecule has 1 amide bonds. The van der Waals surface area contributed by atoms with E-state index >= 15 is 0 Å². The van der Waals surface area contributed by atoms with Gasteiger partial charge in [-0.3, -0.25) is 4.79 Å². The van der Waals surface area contributed by atoms with Crippen molar-refractivity contribution in [2.24, 2.45) is 0 Å². The van der Waals surface area contributed by atoms with E-state index in [0.29, 0.717) is 22.5 Å². The van der Waals surface area contributed by atoms with E-state index in [9.17, 15) is 9.18 Å². The average Bonchev–Trinajstić information content (AvgIpc) is 3.04. The molecule has 1 N–H and O–H groups in total. The maximum Gasteiger partial charge on any atom is 0.253 e. The number of rotatable bonds is 4. The zero-order chi connectivity index (χ0) is 18.8. The summed E-state index contributed by atoms with van der Waals surface area (Å²) >= 11 is 5.96. The molecular formula is C22H22ClFN2O. The summed E-state index contributed by atoms with van der Waals surface area (Å²) in [4.78, 5) is 12.9.